The molecule has 0 aliphatic rings. The molecule has 2 N–H and O–H groups in total. The van der Waals surface area contributed by atoms with E-state index in [0.717, 1.165) is 12.0 Å². The minimum atomic E-state index is -0.956. The van der Waals surface area contributed by atoms with Crippen LogP contribution in [0.25, 0.3) is 11.3 Å². The highest BCUT2D eigenvalue weighted by Gasteiger charge is 2.29. The number of carbonyl (C=O) groups excluding carboxylic acids is 1. The van der Waals surface area contributed by atoms with E-state index in [-0.39, 0.29) is 18.4 Å². The molecule has 2 atom stereocenters. The third-order valence-electron chi connectivity index (χ3n) is 4.41. The summed E-state index contributed by atoms with van der Waals surface area (Å²) in [4.78, 5) is 12.6. The summed E-state index contributed by atoms with van der Waals surface area (Å²) < 4.78 is 5.33. The molecular formula is C18H24N2O3. The van der Waals surface area contributed by atoms with Crippen LogP contribution in [-0.4, -0.2) is 28.3 Å². The van der Waals surface area contributed by atoms with Crippen LogP contribution < -0.4 is 5.32 Å². The fraction of sp³-hybridized carbons (Fsp3) is 0.444. The summed E-state index contributed by atoms with van der Waals surface area (Å²) in [5.74, 6) is 0.245. The van der Waals surface area contributed by atoms with E-state index in [1.807, 2.05) is 44.2 Å². The van der Waals surface area contributed by atoms with E-state index in [0.29, 0.717) is 17.0 Å². The van der Waals surface area contributed by atoms with Crippen molar-refractivity contribution >= 4 is 5.91 Å². The summed E-state index contributed by atoms with van der Waals surface area (Å²) in [6.07, 6.45) is 0.838. The van der Waals surface area contributed by atoms with Gasteiger partial charge in [-0.25, -0.2) is 0 Å². The number of benzene rings is 1. The Morgan fingerprint density at radius 3 is 2.65 bits per heavy atom. The molecule has 5 heteroatoms. The van der Waals surface area contributed by atoms with Crippen molar-refractivity contribution in [2.75, 3.05) is 6.54 Å². The zero-order chi connectivity index (χ0) is 17.0. The molecule has 0 unspecified atom stereocenters. The molecule has 0 spiro atoms. The Kier molecular flexibility index (Phi) is 5.21. The molecule has 0 radical (unpaired) electrons. The second-order valence-corrected chi connectivity index (χ2v) is 6.19. The topological polar surface area (TPSA) is 75.4 Å². The maximum absolute atomic E-state index is 12.6. The molecule has 5 nitrogen and oxygen atoms in total. The molecule has 1 aromatic carbocycles. The lowest BCUT2D eigenvalue weighted by Crippen LogP contribution is -2.45. The Bertz CT molecular complexity index is 662. The standard InChI is InChI=1S/C18H24N2O3/c1-5-12(2)18(4,22)11-19-17(21)15-13(3)20-23-16(15)14-9-7-6-8-10-14/h6-10,12,22H,5,11H2,1-4H3,(H,19,21)/t12-,18-/m0/s1. The van der Waals surface area contributed by atoms with Crippen LogP contribution >= 0.6 is 0 Å². The molecule has 2 aromatic rings. The lowest BCUT2D eigenvalue weighted by atomic mass is 9.88. The Labute approximate surface area is 136 Å². The quantitative estimate of drug-likeness (QED) is 0.858. The fourth-order valence-corrected chi connectivity index (χ4v) is 2.39. The van der Waals surface area contributed by atoms with E-state index >= 15 is 0 Å². The second-order valence-electron chi connectivity index (χ2n) is 6.19. The number of hydrogen-bond acceptors (Lipinski definition) is 4. The van der Waals surface area contributed by atoms with Crippen molar-refractivity contribution in [3.8, 4) is 11.3 Å². The molecule has 1 amide bonds. The van der Waals surface area contributed by atoms with E-state index < -0.39 is 5.60 Å². The first-order valence-corrected chi connectivity index (χ1v) is 7.89. The van der Waals surface area contributed by atoms with E-state index in [1.54, 1.807) is 13.8 Å². The van der Waals surface area contributed by atoms with Gasteiger partial charge >= 0.3 is 0 Å². The highest BCUT2D eigenvalue weighted by atomic mass is 16.5. The SMILES string of the molecule is CC[C@H](C)[C@@](C)(O)CNC(=O)c1c(C)noc1-c1ccccc1. The molecule has 0 aliphatic carbocycles. The maximum atomic E-state index is 12.6. The van der Waals surface area contributed by atoms with Crippen LogP contribution in [0.5, 0.6) is 0 Å². The number of nitrogens with zero attached hydrogens (tertiary/aromatic N) is 1. The maximum Gasteiger partial charge on any atom is 0.257 e. The van der Waals surface area contributed by atoms with Crippen LogP contribution in [-0.2, 0) is 0 Å². The van der Waals surface area contributed by atoms with Crippen LogP contribution in [0.3, 0.4) is 0 Å². The van der Waals surface area contributed by atoms with Crippen molar-refractivity contribution in [3.63, 3.8) is 0 Å². The van der Waals surface area contributed by atoms with Crippen LogP contribution in [0.15, 0.2) is 34.9 Å². The van der Waals surface area contributed by atoms with E-state index in [1.165, 1.54) is 0 Å². The number of carbonyl (C=O) groups is 1. The first kappa shape index (κ1) is 17.2. The number of nitrogens with one attached hydrogen (secondary N) is 1. The van der Waals surface area contributed by atoms with Gasteiger partial charge in [0.2, 0.25) is 0 Å². The van der Waals surface area contributed by atoms with Gasteiger partial charge in [0, 0.05) is 12.1 Å². The average Bonchev–Trinajstić information content (AvgIpc) is 2.94. The predicted molar refractivity (Wildman–Crippen MR) is 89.1 cm³/mol. The van der Waals surface area contributed by atoms with Gasteiger partial charge in [-0.3, -0.25) is 4.79 Å². The number of rotatable bonds is 6. The zero-order valence-corrected chi connectivity index (χ0v) is 14.1. The molecule has 23 heavy (non-hydrogen) atoms. The highest BCUT2D eigenvalue weighted by Crippen LogP contribution is 2.26. The molecule has 2 rings (SSSR count). The lowest BCUT2D eigenvalue weighted by Gasteiger charge is -2.29. The van der Waals surface area contributed by atoms with Gasteiger partial charge < -0.3 is 14.9 Å². The van der Waals surface area contributed by atoms with E-state index in [4.69, 9.17) is 4.52 Å². The first-order chi connectivity index (χ1) is 10.9. The molecule has 0 aliphatic heterocycles. The van der Waals surface area contributed by atoms with E-state index in [2.05, 4.69) is 10.5 Å². The van der Waals surface area contributed by atoms with Gasteiger partial charge in [0.15, 0.2) is 5.76 Å². The minimum Gasteiger partial charge on any atom is -0.388 e. The third kappa shape index (κ3) is 3.79. The molecule has 1 aromatic heterocycles. The number of hydrogen-bond donors (Lipinski definition) is 2. The van der Waals surface area contributed by atoms with Crippen molar-refractivity contribution in [1.29, 1.82) is 0 Å². The van der Waals surface area contributed by atoms with Gasteiger partial charge in [-0.2, -0.15) is 0 Å². The predicted octanol–water partition coefficient (Wildman–Crippen LogP) is 3.18. The largest absolute Gasteiger partial charge is 0.388 e. The molecule has 124 valence electrons. The van der Waals surface area contributed by atoms with Gasteiger partial charge in [-0.15, -0.1) is 0 Å². The average molecular weight is 316 g/mol. The van der Waals surface area contributed by atoms with Crippen molar-refractivity contribution in [3.05, 3.63) is 41.6 Å². The fourth-order valence-electron chi connectivity index (χ4n) is 2.39. The molecule has 0 bridgehead atoms. The molecule has 0 fully saturated rings. The van der Waals surface area contributed by atoms with Crippen molar-refractivity contribution in [2.24, 2.45) is 5.92 Å². The van der Waals surface area contributed by atoms with Gasteiger partial charge in [0.25, 0.3) is 5.91 Å². The summed E-state index contributed by atoms with van der Waals surface area (Å²) in [6.45, 7) is 7.63. The molecule has 0 saturated heterocycles. The number of aromatic nitrogens is 1. The van der Waals surface area contributed by atoms with Crippen LogP contribution in [0.1, 0.15) is 43.2 Å². The minimum absolute atomic E-state index is 0.0833. The second kappa shape index (κ2) is 6.96. The number of amides is 1. The molecule has 0 saturated carbocycles. The first-order valence-electron chi connectivity index (χ1n) is 7.89. The van der Waals surface area contributed by atoms with Crippen molar-refractivity contribution < 1.29 is 14.4 Å². The summed E-state index contributed by atoms with van der Waals surface area (Å²) in [5, 5.41) is 17.1. The van der Waals surface area contributed by atoms with Gasteiger partial charge in [-0.05, 0) is 19.8 Å². The van der Waals surface area contributed by atoms with E-state index in [9.17, 15) is 9.90 Å². The van der Waals surface area contributed by atoms with Gasteiger partial charge in [0.05, 0.1) is 11.3 Å². The number of aryl methyl sites for hydroxylation is 1. The number of aliphatic hydroxyl groups is 1. The smallest absolute Gasteiger partial charge is 0.257 e. The zero-order valence-electron chi connectivity index (χ0n) is 14.1. The summed E-state index contributed by atoms with van der Waals surface area (Å²) in [7, 11) is 0. The van der Waals surface area contributed by atoms with Crippen LogP contribution in [0, 0.1) is 12.8 Å². The molecular weight excluding hydrogens is 292 g/mol. The van der Waals surface area contributed by atoms with Gasteiger partial charge in [-0.1, -0.05) is 55.8 Å². The Hall–Kier alpha value is -2.14. The highest BCUT2D eigenvalue weighted by molar-refractivity contribution is 6.00. The van der Waals surface area contributed by atoms with Crippen molar-refractivity contribution in [1.82, 2.24) is 10.5 Å². The van der Waals surface area contributed by atoms with Crippen LogP contribution in [0.4, 0.5) is 0 Å². The Morgan fingerprint density at radius 1 is 1.39 bits per heavy atom. The normalized spacial score (nSPS) is 15.0. The van der Waals surface area contributed by atoms with Gasteiger partial charge in [0.1, 0.15) is 5.56 Å². The van der Waals surface area contributed by atoms with Crippen LogP contribution in [0.2, 0.25) is 0 Å². The monoisotopic (exact) mass is 316 g/mol. The Balaban J connectivity index is 2.19. The summed E-state index contributed by atoms with van der Waals surface area (Å²) in [5.41, 5.74) is 0.787. The Morgan fingerprint density at radius 2 is 2.04 bits per heavy atom. The molecule has 1 heterocycles. The van der Waals surface area contributed by atoms with Crippen molar-refractivity contribution in [2.45, 2.75) is 39.7 Å². The third-order valence-corrected chi connectivity index (χ3v) is 4.41. The summed E-state index contributed by atoms with van der Waals surface area (Å²) in [6, 6.07) is 9.39. The summed E-state index contributed by atoms with van der Waals surface area (Å²) >= 11 is 0. The lowest BCUT2D eigenvalue weighted by molar-refractivity contribution is 0.00592.